The van der Waals surface area contributed by atoms with Gasteiger partial charge < -0.3 is 10.2 Å². The molecule has 0 saturated carbocycles. The van der Waals surface area contributed by atoms with Crippen LogP contribution in [0.1, 0.15) is 38.3 Å². The first kappa shape index (κ1) is 15.5. The van der Waals surface area contributed by atoms with E-state index in [2.05, 4.69) is 24.1 Å². The largest absolute Gasteiger partial charge is 0.313 e. The lowest BCUT2D eigenvalue weighted by Gasteiger charge is -2.22. The van der Waals surface area contributed by atoms with E-state index in [-0.39, 0.29) is 11.9 Å². The van der Waals surface area contributed by atoms with Gasteiger partial charge in [-0.3, -0.25) is 0 Å². The molecule has 1 heterocycles. The Morgan fingerprint density at radius 1 is 1.40 bits per heavy atom. The molecule has 1 aromatic carbocycles. The van der Waals surface area contributed by atoms with Gasteiger partial charge in [0.15, 0.2) is 0 Å². The van der Waals surface area contributed by atoms with Crippen LogP contribution in [-0.4, -0.2) is 31.6 Å². The van der Waals surface area contributed by atoms with Crippen molar-refractivity contribution in [1.82, 2.24) is 10.2 Å². The Bertz CT molecular complexity index is 419. The molecule has 1 fully saturated rings. The Balaban J connectivity index is 1.86. The van der Waals surface area contributed by atoms with E-state index >= 15 is 0 Å². The van der Waals surface area contributed by atoms with Crippen LogP contribution < -0.4 is 5.32 Å². The highest BCUT2D eigenvalue weighted by Gasteiger charge is 2.25. The van der Waals surface area contributed by atoms with E-state index in [1.54, 1.807) is 12.1 Å². The number of hydrogen-bond donors (Lipinski definition) is 1. The summed E-state index contributed by atoms with van der Waals surface area (Å²) in [7, 11) is 1.95. The molecule has 112 valence electrons. The summed E-state index contributed by atoms with van der Waals surface area (Å²) in [5.74, 6) is 1.48. The molecule has 0 radical (unpaired) electrons. The average Bonchev–Trinajstić information content (AvgIpc) is 2.88. The SMILES string of the molecule is CNC(CCN1CCC(C(C)C)C1)c1cccc(F)c1. The van der Waals surface area contributed by atoms with Crippen molar-refractivity contribution in [2.24, 2.45) is 11.8 Å². The van der Waals surface area contributed by atoms with Gasteiger partial charge in [0.2, 0.25) is 0 Å². The Morgan fingerprint density at radius 3 is 2.80 bits per heavy atom. The molecule has 1 N–H and O–H groups in total. The van der Waals surface area contributed by atoms with Crippen LogP contribution in [0.3, 0.4) is 0 Å². The quantitative estimate of drug-likeness (QED) is 0.857. The third-order valence-corrected chi connectivity index (χ3v) is 4.59. The number of nitrogens with one attached hydrogen (secondary N) is 1. The van der Waals surface area contributed by atoms with Gasteiger partial charge in [-0.1, -0.05) is 26.0 Å². The minimum Gasteiger partial charge on any atom is -0.313 e. The summed E-state index contributed by atoms with van der Waals surface area (Å²) in [6, 6.07) is 7.18. The van der Waals surface area contributed by atoms with E-state index in [1.165, 1.54) is 25.6 Å². The van der Waals surface area contributed by atoms with Crippen LogP contribution in [0.4, 0.5) is 4.39 Å². The fraction of sp³-hybridized carbons (Fsp3) is 0.647. The smallest absolute Gasteiger partial charge is 0.123 e. The van der Waals surface area contributed by atoms with E-state index in [4.69, 9.17) is 0 Å². The molecule has 1 aliphatic rings. The van der Waals surface area contributed by atoms with Crippen LogP contribution in [0.15, 0.2) is 24.3 Å². The Labute approximate surface area is 122 Å². The van der Waals surface area contributed by atoms with Crippen LogP contribution in [-0.2, 0) is 0 Å². The summed E-state index contributed by atoms with van der Waals surface area (Å²) in [6.07, 6.45) is 2.35. The van der Waals surface area contributed by atoms with Gasteiger partial charge >= 0.3 is 0 Å². The van der Waals surface area contributed by atoms with Crippen molar-refractivity contribution in [3.8, 4) is 0 Å². The molecule has 2 nitrogen and oxygen atoms in total. The molecule has 1 aliphatic heterocycles. The van der Waals surface area contributed by atoms with E-state index in [1.807, 2.05) is 13.1 Å². The lowest BCUT2D eigenvalue weighted by atomic mass is 9.95. The Hall–Kier alpha value is -0.930. The van der Waals surface area contributed by atoms with Crippen LogP contribution in [0.5, 0.6) is 0 Å². The molecule has 2 rings (SSSR count). The van der Waals surface area contributed by atoms with Crippen LogP contribution in [0.25, 0.3) is 0 Å². The first-order valence-electron chi connectivity index (χ1n) is 7.75. The van der Waals surface area contributed by atoms with Crippen molar-refractivity contribution in [2.75, 3.05) is 26.7 Å². The van der Waals surface area contributed by atoms with Crippen LogP contribution in [0.2, 0.25) is 0 Å². The van der Waals surface area contributed by atoms with Crippen molar-refractivity contribution >= 4 is 0 Å². The van der Waals surface area contributed by atoms with E-state index in [9.17, 15) is 4.39 Å². The number of nitrogens with zero attached hydrogens (tertiary/aromatic N) is 1. The molecule has 3 heteroatoms. The molecule has 0 aliphatic carbocycles. The van der Waals surface area contributed by atoms with Crippen molar-refractivity contribution in [3.05, 3.63) is 35.6 Å². The van der Waals surface area contributed by atoms with E-state index in [0.29, 0.717) is 0 Å². The normalized spacial score (nSPS) is 21.6. The van der Waals surface area contributed by atoms with Gasteiger partial charge in [-0.2, -0.15) is 0 Å². The fourth-order valence-electron chi connectivity index (χ4n) is 3.12. The summed E-state index contributed by atoms with van der Waals surface area (Å²) in [5.41, 5.74) is 1.05. The second kappa shape index (κ2) is 7.19. The highest BCUT2D eigenvalue weighted by molar-refractivity contribution is 5.20. The zero-order valence-corrected chi connectivity index (χ0v) is 12.9. The van der Waals surface area contributed by atoms with Gasteiger partial charge in [0, 0.05) is 12.6 Å². The number of likely N-dealkylation sites (tertiary alicyclic amines) is 1. The first-order valence-corrected chi connectivity index (χ1v) is 7.75. The lowest BCUT2D eigenvalue weighted by Crippen LogP contribution is -2.27. The van der Waals surface area contributed by atoms with E-state index in [0.717, 1.165) is 30.4 Å². The van der Waals surface area contributed by atoms with Gasteiger partial charge in [0.25, 0.3) is 0 Å². The van der Waals surface area contributed by atoms with Gasteiger partial charge in [-0.05, 0) is 62.5 Å². The van der Waals surface area contributed by atoms with Crippen LogP contribution in [0, 0.1) is 17.7 Å². The van der Waals surface area contributed by atoms with Crippen molar-refractivity contribution in [2.45, 2.75) is 32.7 Å². The maximum absolute atomic E-state index is 13.3. The molecule has 2 atom stereocenters. The Kier molecular flexibility index (Phi) is 5.55. The lowest BCUT2D eigenvalue weighted by molar-refractivity contribution is 0.287. The third kappa shape index (κ3) is 4.03. The molecule has 0 aromatic heterocycles. The predicted octanol–water partition coefficient (Wildman–Crippen LogP) is 3.45. The van der Waals surface area contributed by atoms with Crippen molar-refractivity contribution < 1.29 is 4.39 Å². The standard InChI is InChI=1S/C17H27FN2/c1-13(2)15-7-9-20(12-15)10-8-17(19-3)14-5-4-6-16(18)11-14/h4-6,11,13,15,17,19H,7-10,12H2,1-3H3. The second-order valence-electron chi connectivity index (χ2n) is 6.28. The molecular formula is C17H27FN2. The molecule has 0 spiro atoms. The molecule has 2 unspecified atom stereocenters. The van der Waals surface area contributed by atoms with Gasteiger partial charge in [0.1, 0.15) is 5.82 Å². The molecule has 1 saturated heterocycles. The maximum atomic E-state index is 13.3. The monoisotopic (exact) mass is 278 g/mol. The summed E-state index contributed by atoms with van der Waals surface area (Å²) >= 11 is 0. The minimum atomic E-state index is -0.149. The highest BCUT2D eigenvalue weighted by Crippen LogP contribution is 2.25. The molecule has 1 aromatic rings. The highest BCUT2D eigenvalue weighted by atomic mass is 19.1. The Morgan fingerprint density at radius 2 is 2.20 bits per heavy atom. The maximum Gasteiger partial charge on any atom is 0.123 e. The molecule has 0 bridgehead atoms. The fourth-order valence-corrected chi connectivity index (χ4v) is 3.12. The minimum absolute atomic E-state index is 0.149. The summed E-state index contributed by atoms with van der Waals surface area (Å²) in [6.45, 7) is 8.15. The van der Waals surface area contributed by atoms with Gasteiger partial charge in [-0.15, -0.1) is 0 Å². The van der Waals surface area contributed by atoms with Gasteiger partial charge in [-0.25, -0.2) is 4.39 Å². The molecular weight excluding hydrogens is 251 g/mol. The number of benzene rings is 1. The number of rotatable bonds is 6. The molecule has 20 heavy (non-hydrogen) atoms. The third-order valence-electron chi connectivity index (χ3n) is 4.59. The zero-order valence-electron chi connectivity index (χ0n) is 12.9. The topological polar surface area (TPSA) is 15.3 Å². The van der Waals surface area contributed by atoms with Crippen molar-refractivity contribution in [1.29, 1.82) is 0 Å². The summed E-state index contributed by atoms with van der Waals surface area (Å²) in [5, 5.41) is 3.31. The zero-order chi connectivity index (χ0) is 14.5. The summed E-state index contributed by atoms with van der Waals surface area (Å²) in [4.78, 5) is 2.55. The average molecular weight is 278 g/mol. The van der Waals surface area contributed by atoms with Crippen molar-refractivity contribution in [3.63, 3.8) is 0 Å². The molecule has 0 amide bonds. The number of hydrogen-bond acceptors (Lipinski definition) is 2. The van der Waals surface area contributed by atoms with Crippen LogP contribution >= 0.6 is 0 Å². The summed E-state index contributed by atoms with van der Waals surface area (Å²) < 4.78 is 13.3. The predicted molar refractivity (Wildman–Crippen MR) is 82.2 cm³/mol. The van der Waals surface area contributed by atoms with E-state index < -0.39 is 0 Å². The second-order valence-corrected chi connectivity index (χ2v) is 6.28. The first-order chi connectivity index (χ1) is 9.60. The number of halogens is 1. The van der Waals surface area contributed by atoms with Gasteiger partial charge in [0.05, 0.1) is 0 Å².